The molecule has 0 heterocycles. The zero-order valence-electron chi connectivity index (χ0n) is 15.0. The molecule has 1 aromatic carbocycles. The number of carboxylic acids is 1. The van der Waals surface area contributed by atoms with Crippen molar-refractivity contribution in [3.8, 4) is 0 Å². The minimum Gasteiger partial charge on any atom is -0.480 e. The normalized spacial score (nSPS) is 12.5. The Morgan fingerprint density at radius 1 is 1.07 bits per heavy atom. The van der Waals surface area contributed by atoms with Crippen molar-refractivity contribution >= 4 is 23.8 Å². The number of carbonyl (C=O) groups excluding carboxylic acids is 3. The molecule has 1 rings (SSSR count). The summed E-state index contributed by atoms with van der Waals surface area (Å²) in [6, 6.07) is 6.17. The van der Waals surface area contributed by atoms with Gasteiger partial charge in [-0.05, 0) is 12.0 Å². The minimum absolute atomic E-state index is 0.00405. The molecule has 2 atom stereocenters. The largest absolute Gasteiger partial charge is 0.480 e. The molecule has 9 heteroatoms. The number of ketones is 1. The number of carboxylic acid groups (broad SMARTS) is 1. The van der Waals surface area contributed by atoms with Crippen molar-refractivity contribution in [1.29, 1.82) is 0 Å². The second-order valence-electron chi connectivity index (χ2n) is 5.77. The summed E-state index contributed by atoms with van der Waals surface area (Å²) in [5.74, 6) is -2.32. The molecule has 0 unspecified atom stereocenters. The number of alkyl carbamates (subject to hydrolysis) is 1. The second kappa shape index (κ2) is 11.6. The number of rotatable bonds is 11. The van der Waals surface area contributed by atoms with Crippen LogP contribution in [0.5, 0.6) is 0 Å². The Hall–Kier alpha value is -2.94. The molecule has 0 aliphatic carbocycles. The van der Waals surface area contributed by atoms with Crippen molar-refractivity contribution in [3.05, 3.63) is 35.9 Å². The first-order valence-electron chi connectivity index (χ1n) is 8.50. The van der Waals surface area contributed by atoms with Crippen LogP contribution in [-0.4, -0.2) is 52.7 Å². The van der Waals surface area contributed by atoms with Gasteiger partial charge in [0.1, 0.15) is 24.5 Å². The lowest BCUT2D eigenvalue weighted by Gasteiger charge is -2.19. The summed E-state index contributed by atoms with van der Waals surface area (Å²) in [6.45, 7) is 0.888. The standard InChI is InChI=1S/C18H24N2O7/c1-2-13(22)8-9-14(17(24)25)19-16(23)15(10-21)20-18(26)27-11-12-6-4-3-5-7-12/h3-7,14-15,21H,2,8-11H2,1H3,(H,19,23)(H,20,26)(H,24,25)/t14-,15+/m1/s1. The summed E-state index contributed by atoms with van der Waals surface area (Å²) in [6.07, 6.45) is -0.732. The van der Waals surface area contributed by atoms with Crippen molar-refractivity contribution in [2.24, 2.45) is 0 Å². The molecule has 0 radical (unpaired) electrons. The first kappa shape index (κ1) is 22.1. The van der Waals surface area contributed by atoms with Crippen molar-refractivity contribution < 1.29 is 34.1 Å². The van der Waals surface area contributed by atoms with Gasteiger partial charge < -0.3 is 25.6 Å². The summed E-state index contributed by atoms with van der Waals surface area (Å²) < 4.78 is 4.95. The van der Waals surface area contributed by atoms with Crippen LogP contribution in [0.25, 0.3) is 0 Å². The van der Waals surface area contributed by atoms with E-state index in [0.717, 1.165) is 5.56 Å². The van der Waals surface area contributed by atoms with Crippen LogP contribution in [-0.2, 0) is 25.7 Å². The van der Waals surface area contributed by atoms with Crippen LogP contribution < -0.4 is 10.6 Å². The highest BCUT2D eigenvalue weighted by atomic mass is 16.5. The number of carbonyl (C=O) groups is 4. The molecule has 27 heavy (non-hydrogen) atoms. The van der Waals surface area contributed by atoms with Crippen LogP contribution in [0, 0.1) is 0 Å². The smallest absolute Gasteiger partial charge is 0.408 e. The van der Waals surface area contributed by atoms with Crippen molar-refractivity contribution in [2.75, 3.05) is 6.61 Å². The van der Waals surface area contributed by atoms with E-state index < -0.39 is 36.7 Å². The third-order valence-corrected chi connectivity index (χ3v) is 3.72. The molecule has 1 aromatic rings. The lowest BCUT2D eigenvalue weighted by Crippen LogP contribution is -2.53. The first-order chi connectivity index (χ1) is 12.9. The van der Waals surface area contributed by atoms with Crippen LogP contribution in [0.4, 0.5) is 4.79 Å². The van der Waals surface area contributed by atoms with Crippen molar-refractivity contribution in [2.45, 2.75) is 44.9 Å². The maximum atomic E-state index is 12.1. The zero-order valence-corrected chi connectivity index (χ0v) is 15.0. The fraction of sp³-hybridized carbons (Fsp3) is 0.444. The SMILES string of the molecule is CCC(=O)CC[C@@H](NC(=O)[C@H](CO)NC(=O)OCc1ccccc1)C(=O)O. The molecule has 0 saturated heterocycles. The quantitative estimate of drug-likeness (QED) is 0.440. The number of ether oxygens (including phenoxy) is 1. The number of benzene rings is 1. The highest BCUT2D eigenvalue weighted by Crippen LogP contribution is 2.03. The van der Waals surface area contributed by atoms with Crippen LogP contribution in [0.2, 0.25) is 0 Å². The van der Waals surface area contributed by atoms with Gasteiger partial charge in [0.25, 0.3) is 0 Å². The van der Waals surface area contributed by atoms with E-state index in [1.807, 2.05) is 6.07 Å². The van der Waals surface area contributed by atoms with E-state index in [-0.39, 0.29) is 31.7 Å². The van der Waals surface area contributed by atoms with Crippen molar-refractivity contribution in [3.63, 3.8) is 0 Å². The van der Waals surface area contributed by atoms with Gasteiger partial charge in [0.2, 0.25) is 5.91 Å². The highest BCUT2D eigenvalue weighted by Gasteiger charge is 2.26. The van der Waals surface area contributed by atoms with Gasteiger partial charge in [-0.15, -0.1) is 0 Å². The van der Waals surface area contributed by atoms with Gasteiger partial charge in [-0.3, -0.25) is 9.59 Å². The summed E-state index contributed by atoms with van der Waals surface area (Å²) in [4.78, 5) is 46.5. The zero-order chi connectivity index (χ0) is 20.2. The van der Waals surface area contributed by atoms with Gasteiger partial charge in [0.15, 0.2) is 0 Å². The van der Waals surface area contributed by atoms with Gasteiger partial charge in [0.05, 0.1) is 6.61 Å². The maximum Gasteiger partial charge on any atom is 0.408 e. The molecule has 0 aliphatic rings. The molecule has 148 valence electrons. The van der Waals surface area contributed by atoms with Crippen LogP contribution >= 0.6 is 0 Å². The molecule has 0 fully saturated rings. The number of aliphatic hydroxyl groups excluding tert-OH is 1. The predicted octanol–water partition coefficient (Wildman–Crippen LogP) is 0.602. The van der Waals surface area contributed by atoms with Gasteiger partial charge >= 0.3 is 12.1 Å². The number of aliphatic carboxylic acids is 1. The first-order valence-corrected chi connectivity index (χ1v) is 8.50. The molecule has 9 nitrogen and oxygen atoms in total. The maximum absolute atomic E-state index is 12.1. The molecule has 0 saturated carbocycles. The molecular weight excluding hydrogens is 356 g/mol. The fourth-order valence-corrected chi connectivity index (χ4v) is 2.11. The number of Topliss-reactive ketones (excluding diaryl/α,β-unsaturated/α-hetero) is 1. The summed E-state index contributed by atoms with van der Waals surface area (Å²) in [5, 5.41) is 22.8. The number of nitrogens with one attached hydrogen (secondary N) is 2. The Bertz CT molecular complexity index is 648. The molecule has 2 amide bonds. The highest BCUT2D eigenvalue weighted by molar-refractivity contribution is 5.89. The van der Waals surface area contributed by atoms with E-state index >= 15 is 0 Å². The van der Waals surface area contributed by atoms with E-state index in [4.69, 9.17) is 9.84 Å². The second-order valence-corrected chi connectivity index (χ2v) is 5.77. The molecule has 4 N–H and O–H groups in total. The summed E-state index contributed by atoms with van der Waals surface area (Å²) >= 11 is 0. The minimum atomic E-state index is -1.38. The molecule has 0 bridgehead atoms. The predicted molar refractivity (Wildman–Crippen MR) is 94.7 cm³/mol. The average molecular weight is 380 g/mol. The van der Waals surface area contributed by atoms with Gasteiger partial charge in [-0.25, -0.2) is 9.59 Å². The number of amides is 2. The number of hydrogen-bond donors (Lipinski definition) is 4. The molecular formula is C18H24N2O7. The Morgan fingerprint density at radius 2 is 1.74 bits per heavy atom. The van der Waals surface area contributed by atoms with Gasteiger partial charge in [-0.1, -0.05) is 37.3 Å². The van der Waals surface area contributed by atoms with E-state index in [1.165, 1.54) is 0 Å². The molecule has 0 aliphatic heterocycles. The van der Waals surface area contributed by atoms with E-state index in [1.54, 1.807) is 31.2 Å². The lowest BCUT2D eigenvalue weighted by molar-refractivity contribution is -0.142. The van der Waals surface area contributed by atoms with Crippen LogP contribution in [0.15, 0.2) is 30.3 Å². The lowest BCUT2D eigenvalue weighted by atomic mass is 10.1. The Balaban J connectivity index is 2.54. The fourth-order valence-electron chi connectivity index (χ4n) is 2.11. The number of aliphatic hydroxyl groups is 1. The van der Waals surface area contributed by atoms with Gasteiger partial charge in [0, 0.05) is 12.8 Å². The van der Waals surface area contributed by atoms with Crippen LogP contribution in [0.3, 0.4) is 0 Å². The Morgan fingerprint density at radius 3 is 2.30 bits per heavy atom. The third kappa shape index (κ3) is 8.32. The molecule has 0 aromatic heterocycles. The monoisotopic (exact) mass is 380 g/mol. The van der Waals surface area contributed by atoms with E-state index in [2.05, 4.69) is 10.6 Å². The van der Waals surface area contributed by atoms with Crippen molar-refractivity contribution in [1.82, 2.24) is 10.6 Å². The van der Waals surface area contributed by atoms with Gasteiger partial charge in [-0.2, -0.15) is 0 Å². The van der Waals surface area contributed by atoms with E-state index in [0.29, 0.717) is 0 Å². The summed E-state index contributed by atoms with van der Waals surface area (Å²) in [7, 11) is 0. The topological polar surface area (TPSA) is 142 Å². The third-order valence-electron chi connectivity index (χ3n) is 3.72. The molecule has 0 spiro atoms. The van der Waals surface area contributed by atoms with E-state index in [9.17, 15) is 24.3 Å². The average Bonchev–Trinajstić information content (AvgIpc) is 2.67. The number of hydrogen-bond acceptors (Lipinski definition) is 6. The Labute approximate surface area is 156 Å². The van der Waals surface area contributed by atoms with Crippen LogP contribution in [0.1, 0.15) is 31.7 Å². The Kier molecular flexibility index (Phi) is 9.52. The summed E-state index contributed by atoms with van der Waals surface area (Å²) in [5.41, 5.74) is 0.740.